The summed E-state index contributed by atoms with van der Waals surface area (Å²) in [6, 6.07) is 0. The van der Waals surface area contributed by atoms with Crippen LogP contribution in [-0.4, -0.2) is 0 Å². The Bertz CT molecular complexity index is 729. The van der Waals surface area contributed by atoms with Crippen LogP contribution in [0.1, 0.15) is 86.5 Å². The van der Waals surface area contributed by atoms with E-state index in [2.05, 4.69) is 71.9 Å². The summed E-state index contributed by atoms with van der Waals surface area (Å²) >= 11 is 0. The highest BCUT2D eigenvalue weighted by molar-refractivity contribution is 5.51. The molecule has 0 aliphatic heterocycles. The molecular weight excluding hydrogens is 336 g/mol. The van der Waals surface area contributed by atoms with Gasteiger partial charge in [-0.25, -0.2) is 0 Å². The van der Waals surface area contributed by atoms with E-state index in [0.29, 0.717) is 22.7 Å². The van der Waals surface area contributed by atoms with Crippen LogP contribution in [-0.2, 0) is 0 Å². The van der Waals surface area contributed by atoms with Gasteiger partial charge in [0.1, 0.15) is 0 Å². The van der Waals surface area contributed by atoms with Gasteiger partial charge in [-0.15, -0.1) is 0 Å². The molecule has 0 bridgehead atoms. The highest BCUT2D eigenvalue weighted by Gasteiger charge is 2.53. The molecule has 4 aliphatic carbocycles. The van der Waals surface area contributed by atoms with Gasteiger partial charge in [0, 0.05) is 5.41 Å². The third-order valence-electron chi connectivity index (χ3n) is 9.44. The van der Waals surface area contributed by atoms with Crippen molar-refractivity contribution in [1.29, 1.82) is 0 Å². The standard InChI is InChI=1S/C28H42/c1-19(2)20(3)10-11-21(4)24-14-15-25-23-13-12-22-9-7-8-17-27(22,5)26(23)16-18-28(24,25)6/h9-13,19-21,24-25H,7-8,14-18H2,1-6H3/b11-10-/t20-,21+,24+,25-,27-,28+/m0/s1. The first-order chi connectivity index (χ1) is 13.3. The Morgan fingerprint density at radius 1 is 1.00 bits per heavy atom. The molecule has 0 spiro atoms. The first-order valence-electron chi connectivity index (χ1n) is 12.1. The number of rotatable bonds is 4. The third kappa shape index (κ3) is 3.10. The van der Waals surface area contributed by atoms with E-state index >= 15 is 0 Å². The van der Waals surface area contributed by atoms with Gasteiger partial charge in [-0.3, -0.25) is 0 Å². The summed E-state index contributed by atoms with van der Waals surface area (Å²) in [6.07, 6.45) is 22.2. The van der Waals surface area contributed by atoms with E-state index in [0.717, 1.165) is 17.8 Å². The van der Waals surface area contributed by atoms with Crippen molar-refractivity contribution in [3.05, 3.63) is 47.1 Å². The van der Waals surface area contributed by atoms with Crippen LogP contribution in [0.25, 0.3) is 0 Å². The molecular formula is C28H42. The predicted molar refractivity (Wildman–Crippen MR) is 122 cm³/mol. The van der Waals surface area contributed by atoms with E-state index in [4.69, 9.17) is 0 Å². The van der Waals surface area contributed by atoms with Crippen molar-refractivity contribution in [2.45, 2.75) is 86.5 Å². The van der Waals surface area contributed by atoms with Gasteiger partial charge >= 0.3 is 0 Å². The van der Waals surface area contributed by atoms with Crippen LogP contribution in [0.15, 0.2) is 47.1 Å². The van der Waals surface area contributed by atoms with Gasteiger partial charge in [-0.1, -0.05) is 77.5 Å². The van der Waals surface area contributed by atoms with Gasteiger partial charge in [0.15, 0.2) is 0 Å². The van der Waals surface area contributed by atoms with Gasteiger partial charge in [0.2, 0.25) is 0 Å². The molecule has 154 valence electrons. The third-order valence-corrected chi connectivity index (χ3v) is 9.44. The van der Waals surface area contributed by atoms with E-state index in [-0.39, 0.29) is 0 Å². The Morgan fingerprint density at radius 3 is 2.54 bits per heavy atom. The lowest BCUT2D eigenvalue weighted by Crippen LogP contribution is -2.39. The molecule has 0 N–H and O–H groups in total. The minimum absolute atomic E-state index is 0.347. The fourth-order valence-electron chi connectivity index (χ4n) is 7.10. The molecule has 6 atom stereocenters. The first kappa shape index (κ1) is 20.2. The summed E-state index contributed by atoms with van der Waals surface area (Å²) in [6.45, 7) is 14.7. The molecule has 0 radical (unpaired) electrons. The minimum Gasteiger partial charge on any atom is -0.0852 e. The van der Waals surface area contributed by atoms with Crippen LogP contribution in [0.3, 0.4) is 0 Å². The molecule has 0 amide bonds. The van der Waals surface area contributed by atoms with Gasteiger partial charge in [0.25, 0.3) is 0 Å². The second kappa shape index (κ2) is 7.33. The fraction of sp³-hybridized carbons (Fsp3) is 0.714. The summed E-state index contributed by atoms with van der Waals surface area (Å²) in [5.41, 5.74) is 6.03. The minimum atomic E-state index is 0.347. The van der Waals surface area contributed by atoms with Crippen LogP contribution in [0.5, 0.6) is 0 Å². The second-order valence-corrected chi connectivity index (χ2v) is 11.2. The predicted octanol–water partition coefficient (Wildman–Crippen LogP) is 8.28. The van der Waals surface area contributed by atoms with Crippen molar-refractivity contribution >= 4 is 0 Å². The lowest BCUT2D eigenvalue weighted by atomic mass is 9.54. The maximum Gasteiger partial charge on any atom is 0.0136 e. The van der Waals surface area contributed by atoms with Crippen molar-refractivity contribution < 1.29 is 0 Å². The number of hydrogen-bond acceptors (Lipinski definition) is 0. The smallest absolute Gasteiger partial charge is 0.0136 e. The van der Waals surface area contributed by atoms with Crippen molar-refractivity contribution in [3.63, 3.8) is 0 Å². The van der Waals surface area contributed by atoms with Crippen molar-refractivity contribution in [2.75, 3.05) is 0 Å². The zero-order chi connectivity index (χ0) is 20.1. The Kier molecular flexibility index (Phi) is 5.30. The van der Waals surface area contributed by atoms with Crippen LogP contribution in [0.2, 0.25) is 0 Å². The molecule has 28 heavy (non-hydrogen) atoms. The molecule has 4 aliphatic rings. The van der Waals surface area contributed by atoms with E-state index in [1.807, 2.05) is 5.57 Å². The molecule has 1 saturated carbocycles. The molecule has 0 unspecified atom stereocenters. The Hall–Kier alpha value is -1.04. The van der Waals surface area contributed by atoms with Gasteiger partial charge in [0.05, 0.1) is 0 Å². The Balaban J connectivity index is 1.60. The fourth-order valence-corrected chi connectivity index (χ4v) is 7.10. The Labute approximate surface area is 174 Å². The molecule has 0 saturated heterocycles. The lowest BCUT2D eigenvalue weighted by molar-refractivity contribution is 0.119. The molecule has 0 aromatic carbocycles. The topological polar surface area (TPSA) is 0 Å². The molecule has 0 aromatic rings. The Morgan fingerprint density at radius 2 is 1.79 bits per heavy atom. The maximum atomic E-state index is 2.64. The zero-order valence-electron chi connectivity index (χ0n) is 19.2. The lowest BCUT2D eigenvalue weighted by Gasteiger charge is -2.50. The maximum absolute atomic E-state index is 2.64. The monoisotopic (exact) mass is 378 g/mol. The quantitative estimate of drug-likeness (QED) is 0.432. The highest BCUT2D eigenvalue weighted by atomic mass is 14.6. The summed E-state index contributed by atoms with van der Waals surface area (Å²) in [7, 11) is 0. The molecule has 0 heterocycles. The van der Waals surface area contributed by atoms with E-state index in [1.54, 1.807) is 11.1 Å². The van der Waals surface area contributed by atoms with Crippen molar-refractivity contribution in [1.82, 2.24) is 0 Å². The molecule has 4 rings (SSSR count). The summed E-state index contributed by atoms with van der Waals surface area (Å²) in [4.78, 5) is 0. The van der Waals surface area contributed by atoms with E-state index in [9.17, 15) is 0 Å². The number of fused-ring (bicyclic) bond motifs is 4. The number of hydrogen-bond donors (Lipinski definition) is 0. The van der Waals surface area contributed by atoms with Crippen LogP contribution < -0.4 is 0 Å². The van der Waals surface area contributed by atoms with Crippen LogP contribution >= 0.6 is 0 Å². The van der Waals surface area contributed by atoms with E-state index < -0.39 is 0 Å². The van der Waals surface area contributed by atoms with Gasteiger partial charge in [-0.2, -0.15) is 0 Å². The number of allylic oxidation sites excluding steroid dienone is 8. The average molecular weight is 379 g/mol. The first-order valence-corrected chi connectivity index (χ1v) is 12.1. The van der Waals surface area contributed by atoms with Gasteiger partial charge < -0.3 is 0 Å². The van der Waals surface area contributed by atoms with Gasteiger partial charge in [-0.05, 0) is 91.1 Å². The molecule has 0 heteroatoms. The molecule has 0 nitrogen and oxygen atoms in total. The van der Waals surface area contributed by atoms with E-state index in [1.165, 1.54) is 44.9 Å². The second-order valence-electron chi connectivity index (χ2n) is 11.2. The zero-order valence-corrected chi connectivity index (χ0v) is 19.2. The summed E-state index contributed by atoms with van der Waals surface area (Å²) < 4.78 is 0. The highest BCUT2D eigenvalue weighted by Crippen LogP contribution is 2.63. The normalized spacial score (nSPS) is 39.6. The summed E-state index contributed by atoms with van der Waals surface area (Å²) in [5, 5.41) is 0. The average Bonchev–Trinajstić information content (AvgIpc) is 3.02. The summed E-state index contributed by atoms with van der Waals surface area (Å²) in [5.74, 6) is 3.75. The molecule has 0 aromatic heterocycles. The van der Waals surface area contributed by atoms with Crippen LogP contribution in [0.4, 0.5) is 0 Å². The van der Waals surface area contributed by atoms with Crippen molar-refractivity contribution in [3.8, 4) is 0 Å². The van der Waals surface area contributed by atoms with Crippen molar-refractivity contribution in [2.24, 2.45) is 40.4 Å². The largest absolute Gasteiger partial charge is 0.0852 e. The molecule has 1 fully saturated rings. The SMILES string of the molecule is CC(C)[C@@H](C)/C=C\[C@@H](C)[C@H]1CC[C@H]2C3=C(CC[C@]12C)[C@@]1(C)CCCC=C1C=C3. The van der Waals surface area contributed by atoms with Crippen LogP contribution in [0, 0.1) is 40.4 Å².